The van der Waals surface area contributed by atoms with Gasteiger partial charge in [0.2, 0.25) is 41.4 Å². The molecule has 7 amide bonds. The van der Waals surface area contributed by atoms with Crippen molar-refractivity contribution in [2.75, 3.05) is 44.0 Å². The van der Waals surface area contributed by atoms with E-state index in [1.807, 2.05) is 13.8 Å². The molecule has 0 saturated carbocycles. The van der Waals surface area contributed by atoms with Crippen molar-refractivity contribution < 1.29 is 58.5 Å². The minimum atomic E-state index is -1.63. The molecule has 0 radical (unpaired) electrons. The van der Waals surface area contributed by atoms with Crippen molar-refractivity contribution >= 4 is 77.7 Å². The number of carbonyl (C=O) groups is 9. The van der Waals surface area contributed by atoms with Gasteiger partial charge < -0.3 is 69.3 Å². The number of thioether (sulfide) groups is 1. The summed E-state index contributed by atoms with van der Waals surface area (Å²) in [6, 6.07) is -10.3. The number of rotatable bonds is 31. The first kappa shape index (κ1) is 55.8. The molecule has 1 saturated heterocycles. The predicted octanol–water partition coefficient (Wildman–Crippen LogP) is -3.25. The van der Waals surface area contributed by atoms with Gasteiger partial charge in [0, 0.05) is 12.3 Å². The van der Waals surface area contributed by atoms with Crippen LogP contribution in [0.5, 0.6) is 0 Å². The minimum Gasteiger partial charge on any atom is -0.481 e. The Kier molecular flexibility index (Phi) is 27.0. The Morgan fingerprint density at radius 2 is 1.15 bits per heavy atom. The average Bonchev–Trinajstić information content (AvgIpc) is 3.72. The Morgan fingerprint density at radius 1 is 0.694 bits per heavy atom. The van der Waals surface area contributed by atoms with Crippen LogP contribution in [0.3, 0.4) is 0 Å². The smallest absolute Gasteiger partial charge is 0.326 e. The molecule has 1 aliphatic heterocycles. The molecule has 354 valence electrons. The molecule has 24 heteroatoms. The van der Waals surface area contributed by atoms with Crippen molar-refractivity contribution in [3.8, 4) is 0 Å². The van der Waals surface area contributed by atoms with Gasteiger partial charge in [0.1, 0.15) is 42.3 Å². The molecule has 0 bridgehead atoms. The fourth-order valence-electron chi connectivity index (χ4n) is 6.52. The van der Waals surface area contributed by atoms with Crippen molar-refractivity contribution in [3.63, 3.8) is 0 Å². The molecule has 22 nitrogen and oxygen atoms in total. The van der Waals surface area contributed by atoms with Gasteiger partial charge in [-0.25, -0.2) is 4.79 Å². The van der Waals surface area contributed by atoms with E-state index in [1.165, 1.54) is 16.7 Å². The number of aliphatic hydroxyl groups is 1. The van der Waals surface area contributed by atoms with Crippen LogP contribution in [0.25, 0.3) is 0 Å². The molecular weight excluding hydrogens is 853 g/mol. The normalized spacial score (nSPS) is 17.0. The zero-order valence-electron chi connectivity index (χ0n) is 35.8. The van der Waals surface area contributed by atoms with Gasteiger partial charge in [-0.05, 0) is 95.2 Å². The highest BCUT2D eigenvalue weighted by molar-refractivity contribution is 7.98. The van der Waals surface area contributed by atoms with Crippen molar-refractivity contribution in [3.05, 3.63) is 0 Å². The zero-order valence-corrected chi connectivity index (χ0v) is 37.5. The molecule has 0 aromatic carbocycles. The number of amides is 7. The topological polar surface area (TPSA) is 368 Å². The van der Waals surface area contributed by atoms with Gasteiger partial charge in [-0.2, -0.15) is 24.4 Å². The maximum Gasteiger partial charge on any atom is 0.326 e. The van der Waals surface area contributed by atoms with Crippen molar-refractivity contribution in [2.45, 2.75) is 133 Å². The lowest BCUT2D eigenvalue weighted by atomic mass is 10.0. The minimum absolute atomic E-state index is 0.0656. The van der Waals surface area contributed by atoms with Crippen molar-refractivity contribution in [2.24, 2.45) is 23.1 Å². The first-order valence-corrected chi connectivity index (χ1v) is 22.8. The molecular formula is C38H68N10O12S2. The number of hydrogen-bond donors (Lipinski definition) is 13. The third-order valence-corrected chi connectivity index (χ3v) is 10.9. The number of hydrogen-bond acceptors (Lipinski definition) is 15. The summed E-state index contributed by atoms with van der Waals surface area (Å²) >= 11 is 5.55. The first-order chi connectivity index (χ1) is 29.3. The van der Waals surface area contributed by atoms with Crippen LogP contribution in [0.1, 0.15) is 84.5 Å². The highest BCUT2D eigenvalue weighted by Gasteiger charge is 2.39. The van der Waals surface area contributed by atoms with E-state index < -0.39 is 115 Å². The van der Waals surface area contributed by atoms with Crippen LogP contribution in [0.15, 0.2) is 0 Å². The fourth-order valence-corrected chi connectivity index (χ4v) is 7.25. The number of aliphatic hydroxyl groups excluding tert-OH is 1. The van der Waals surface area contributed by atoms with Crippen molar-refractivity contribution in [1.82, 2.24) is 36.8 Å². The zero-order chi connectivity index (χ0) is 46.9. The summed E-state index contributed by atoms with van der Waals surface area (Å²) in [5, 5.41) is 43.9. The molecule has 0 aromatic heterocycles. The molecule has 0 aromatic rings. The second kappa shape index (κ2) is 30.0. The molecule has 8 unspecified atom stereocenters. The first-order valence-electron chi connectivity index (χ1n) is 20.8. The third-order valence-electron chi connectivity index (χ3n) is 9.91. The number of carboxylic acid groups (broad SMARTS) is 2. The number of nitrogens with two attached hydrogens (primary N) is 3. The SMILES string of the molecule is CSCCC(NC(=O)C(CCCCN)NC(=O)C(N)CC(=O)O)C(=O)NC(CS)C(=O)NC(CO)C(=O)NC(CCCCN)C(=O)NC(CC(C)C)C(=O)N1CCCC1C(=O)O. The number of thiol groups is 1. The second-order valence-electron chi connectivity index (χ2n) is 15.4. The second-order valence-corrected chi connectivity index (χ2v) is 16.8. The molecule has 1 fully saturated rings. The maximum absolute atomic E-state index is 13.7. The Bertz CT molecular complexity index is 1510. The van der Waals surface area contributed by atoms with Crippen LogP contribution < -0.4 is 49.1 Å². The standard InChI is InChI=1S/C38H68N10O12S2/c1-21(2)17-26(37(58)48-15-8-11-29(48)38(59)60)45-33(54)24(10-5-7-14-40)43-35(56)27(19-49)46-36(57)28(20-61)47-34(55)25(12-16-62-3)44-32(53)23(9-4-6-13-39)42-31(52)22(41)18-30(50)51/h21-29,49,61H,4-20,39-41H2,1-3H3,(H,42,52)(H,43,56)(H,44,53)(H,45,54)(H,46,57)(H,47,55)(H,50,51)(H,59,60). The van der Waals surface area contributed by atoms with Crippen LogP contribution in [0, 0.1) is 5.92 Å². The molecule has 8 atom stereocenters. The Morgan fingerprint density at radius 3 is 1.60 bits per heavy atom. The number of nitrogens with one attached hydrogen (secondary N) is 6. The molecule has 0 aliphatic carbocycles. The Balaban J connectivity index is 3.18. The maximum atomic E-state index is 13.7. The number of likely N-dealkylation sites (tertiary alicyclic amines) is 1. The van der Waals surface area contributed by atoms with E-state index in [-0.39, 0.29) is 56.9 Å². The summed E-state index contributed by atoms with van der Waals surface area (Å²) in [7, 11) is 0. The molecule has 0 spiro atoms. The number of carboxylic acids is 2. The van der Waals surface area contributed by atoms with Gasteiger partial charge in [-0.15, -0.1) is 0 Å². The van der Waals surface area contributed by atoms with Crippen LogP contribution >= 0.6 is 24.4 Å². The Labute approximate surface area is 371 Å². The molecule has 15 N–H and O–H groups in total. The summed E-state index contributed by atoms with van der Waals surface area (Å²) in [4.78, 5) is 118. The van der Waals surface area contributed by atoms with Crippen LogP contribution in [-0.4, -0.2) is 166 Å². The van der Waals surface area contributed by atoms with E-state index in [2.05, 4.69) is 44.5 Å². The van der Waals surface area contributed by atoms with Gasteiger partial charge in [-0.3, -0.25) is 38.4 Å². The lowest BCUT2D eigenvalue weighted by Crippen LogP contribution is -2.61. The van der Waals surface area contributed by atoms with E-state index in [9.17, 15) is 53.4 Å². The molecule has 1 heterocycles. The van der Waals surface area contributed by atoms with E-state index in [0.29, 0.717) is 44.4 Å². The van der Waals surface area contributed by atoms with E-state index in [0.717, 1.165) is 0 Å². The van der Waals surface area contributed by atoms with Gasteiger partial charge in [-0.1, -0.05) is 13.8 Å². The van der Waals surface area contributed by atoms with E-state index in [1.54, 1.807) is 6.26 Å². The summed E-state index contributed by atoms with van der Waals surface area (Å²) in [5.41, 5.74) is 16.9. The van der Waals surface area contributed by atoms with Crippen LogP contribution in [0.4, 0.5) is 0 Å². The summed E-state index contributed by atoms with van der Waals surface area (Å²) in [6.07, 6.45) is 4.01. The van der Waals surface area contributed by atoms with Crippen LogP contribution in [0.2, 0.25) is 0 Å². The summed E-state index contributed by atoms with van der Waals surface area (Å²) < 4.78 is 0. The third kappa shape index (κ3) is 19.9. The quantitative estimate of drug-likeness (QED) is 0.0240. The molecule has 1 rings (SSSR count). The van der Waals surface area contributed by atoms with E-state index in [4.69, 9.17) is 22.3 Å². The number of unbranched alkanes of at least 4 members (excludes halogenated alkanes) is 2. The lowest BCUT2D eigenvalue weighted by Gasteiger charge is -2.30. The lowest BCUT2D eigenvalue weighted by molar-refractivity contribution is -0.149. The number of nitrogens with zero attached hydrogens (tertiary/aromatic N) is 1. The number of aliphatic carboxylic acids is 2. The highest BCUT2D eigenvalue weighted by Crippen LogP contribution is 2.21. The predicted molar refractivity (Wildman–Crippen MR) is 233 cm³/mol. The average molecular weight is 921 g/mol. The fraction of sp³-hybridized carbons (Fsp3) is 0.763. The van der Waals surface area contributed by atoms with Gasteiger partial charge in [0.15, 0.2) is 0 Å². The monoisotopic (exact) mass is 920 g/mol. The highest BCUT2D eigenvalue weighted by atomic mass is 32.2. The van der Waals surface area contributed by atoms with Gasteiger partial charge in [0.05, 0.1) is 19.1 Å². The van der Waals surface area contributed by atoms with Gasteiger partial charge >= 0.3 is 11.9 Å². The van der Waals surface area contributed by atoms with E-state index >= 15 is 0 Å². The van der Waals surface area contributed by atoms with Gasteiger partial charge in [0.25, 0.3) is 0 Å². The summed E-state index contributed by atoms with van der Waals surface area (Å²) in [6.45, 7) is 3.52. The number of carbonyl (C=O) groups excluding carboxylic acids is 7. The molecule has 62 heavy (non-hydrogen) atoms. The Hall–Kier alpha value is -4.23. The van der Waals surface area contributed by atoms with Crippen LogP contribution in [-0.2, 0) is 43.2 Å². The largest absolute Gasteiger partial charge is 0.481 e. The summed E-state index contributed by atoms with van der Waals surface area (Å²) in [5.74, 6) is -8.16. The van der Waals surface area contributed by atoms with Crippen molar-refractivity contribution in [1.29, 1.82) is 0 Å². The molecule has 1 aliphatic rings.